The number of hydrogen-bond acceptors (Lipinski definition) is 2. The van der Waals surface area contributed by atoms with Crippen LogP contribution in [-0.4, -0.2) is 22.2 Å². The molecule has 1 N–H and O–H groups in total. The van der Waals surface area contributed by atoms with E-state index in [0.29, 0.717) is 19.5 Å². The van der Waals surface area contributed by atoms with Crippen LogP contribution in [0.15, 0.2) is 17.1 Å². The monoisotopic (exact) mass is 285 g/mol. The third kappa shape index (κ3) is 3.20. The van der Waals surface area contributed by atoms with E-state index in [0.717, 1.165) is 15.9 Å². The predicted molar refractivity (Wildman–Crippen MR) is 67.2 cm³/mol. The topological polar surface area (TPSA) is 46.9 Å². The Morgan fingerprint density at radius 3 is 2.81 bits per heavy atom. The summed E-state index contributed by atoms with van der Waals surface area (Å²) in [6, 6.07) is 0. The van der Waals surface area contributed by atoms with Crippen LogP contribution in [0.5, 0.6) is 0 Å². The highest BCUT2D eigenvalue weighted by atomic mass is 79.9. The summed E-state index contributed by atoms with van der Waals surface area (Å²) in [4.78, 5) is 11.4. The number of aryl methyl sites for hydroxylation is 2. The lowest BCUT2D eigenvalue weighted by atomic mass is 10.3. The molecule has 1 amide bonds. The van der Waals surface area contributed by atoms with Gasteiger partial charge in [-0.15, -0.1) is 6.58 Å². The van der Waals surface area contributed by atoms with Crippen LogP contribution in [0.4, 0.5) is 0 Å². The maximum Gasteiger partial charge on any atom is 0.222 e. The SMILES string of the molecule is C=CCNC(=O)CCn1nc(C)c(Br)c1C. The molecule has 4 nitrogen and oxygen atoms in total. The number of carbonyl (C=O) groups excluding carboxylic acids is 1. The number of hydrogen-bond donors (Lipinski definition) is 1. The summed E-state index contributed by atoms with van der Waals surface area (Å²) in [5, 5.41) is 7.07. The van der Waals surface area contributed by atoms with Crippen LogP contribution in [-0.2, 0) is 11.3 Å². The van der Waals surface area contributed by atoms with E-state index >= 15 is 0 Å². The minimum atomic E-state index is 0.0172. The van der Waals surface area contributed by atoms with Gasteiger partial charge in [-0.3, -0.25) is 9.48 Å². The average molecular weight is 286 g/mol. The number of aromatic nitrogens is 2. The molecule has 0 radical (unpaired) electrons. The minimum Gasteiger partial charge on any atom is -0.353 e. The first-order valence-corrected chi connectivity index (χ1v) is 5.92. The van der Waals surface area contributed by atoms with E-state index in [1.807, 2.05) is 18.5 Å². The van der Waals surface area contributed by atoms with Crippen LogP contribution in [0.3, 0.4) is 0 Å². The van der Waals surface area contributed by atoms with Gasteiger partial charge in [0.1, 0.15) is 0 Å². The molecule has 0 aromatic carbocycles. The zero-order valence-corrected chi connectivity index (χ0v) is 11.2. The van der Waals surface area contributed by atoms with Crippen molar-refractivity contribution in [3.05, 3.63) is 28.5 Å². The summed E-state index contributed by atoms with van der Waals surface area (Å²) in [6.45, 7) is 8.57. The van der Waals surface area contributed by atoms with Crippen LogP contribution in [0.1, 0.15) is 17.8 Å². The van der Waals surface area contributed by atoms with Gasteiger partial charge in [-0.2, -0.15) is 5.10 Å². The lowest BCUT2D eigenvalue weighted by molar-refractivity contribution is -0.121. The van der Waals surface area contributed by atoms with E-state index in [9.17, 15) is 4.79 Å². The third-order valence-electron chi connectivity index (χ3n) is 2.29. The van der Waals surface area contributed by atoms with Gasteiger partial charge in [-0.25, -0.2) is 0 Å². The number of nitrogens with zero attached hydrogens (tertiary/aromatic N) is 2. The summed E-state index contributed by atoms with van der Waals surface area (Å²) < 4.78 is 2.85. The quantitative estimate of drug-likeness (QED) is 0.841. The van der Waals surface area contributed by atoms with Gasteiger partial charge in [-0.05, 0) is 29.8 Å². The smallest absolute Gasteiger partial charge is 0.222 e. The first-order chi connectivity index (χ1) is 7.56. The van der Waals surface area contributed by atoms with Crippen LogP contribution < -0.4 is 5.32 Å². The molecule has 0 unspecified atom stereocenters. The summed E-state index contributed by atoms with van der Waals surface area (Å²) >= 11 is 3.45. The summed E-state index contributed by atoms with van der Waals surface area (Å²) in [7, 11) is 0. The van der Waals surface area contributed by atoms with E-state index in [2.05, 4.69) is 32.9 Å². The number of halogens is 1. The standard InChI is InChI=1S/C11H16BrN3O/c1-4-6-13-10(16)5-7-15-9(3)11(12)8(2)14-15/h4H,1,5-7H2,2-3H3,(H,13,16). The lowest BCUT2D eigenvalue weighted by Gasteiger charge is -2.04. The Bertz CT molecular complexity index is 398. The molecule has 0 atom stereocenters. The molecule has 16 heavy (non-hydrogen) atoms. The van der Waals surface area contributed by atoms with Crippen molar-refractivity contribution in [2.75, 3.05) is 6.54 Å². The average Bonchev–Trinajstić information content (AvgIpc) is 2.51. The molecule has 0 aliphatic heterocycles. The maximum atomic E-state index is 11.4. The van der Waals surface area contributed by atoms with Crippen LogP contribution in [0, 0.1) is 13.8 Å². The Hall–Kier alpha value is -1.10. The van der Waals surface area contributed by atoms with Gasteiger partial charge in [0.2, 0.25) is 5.91 Å². The molecule has 1 aromatic rings. The van der Waals surface area contributed by atoms with Gasteiger partial charge in [0.15, 0.2) is 0 Å². The van der Waals surface area contributed by atoms with Crippen molar-refractivity contribution in [1.82, 2.24) is 15.1 Å². The molecule has 1 rings (SSSR count). The van der Waals surface area contributed by atoms with Crippen molar-refractivity contribution in [3.8, 4) is 0 Å². The Balaban J connectivity index is 2.51. The predicted octanol–water partition coefficient (Wildman–Crippen LogP) is 1.95. The van der Waals surface area contributed by atoms with Gasteiger partial charge in [0, 0.05) is 18.7 Å². The zero-order chi connectivity index (χ0) is 12.1. The van der Waals surface area contributed by atoms with Gasteiger partial charge in [0.25, 0.3) is 0 Å². The summed E-state index contributed by atoms with van der Waals surface area (Å²) in [5.41, 5.74) is 2.00. The molecule has 1 aromatic heterocycles. The van der Waals surface area contributed by atoms with Gasteiger partial charge in [-0.1, -0.05) is 6.08 Å². The van der Waals surface area contributed by atoms with Crippen LogP contribution in [0.2, 0.25) is 0 Å². The first kappa shape index (κ1) is 13.0. The van der Waals surface area contributed by atoms with Gasteiger partial charge >= 0.3 is 0 Å². The molecule has 0 bridgehead atoms. The first-order valence-electron chi connectivity index (χ1n) is 5.13. The second kappa shape index (κ2) is 5.84. The van der Waals surface area contributed by atoms with E-state index in [1.165, 1.54) is 0 Å². The molecular formula is C11H16BrN3O. The fraction of sp³-hybridized carbons (Fsp3) is 0.455. The molecule has 0 saturated carbocycles. The maximum absolute atomic E-state index is 11.4. The summed E-state index contributed by atoms with van der Waals surface area (Å²) in [6.07, 6.45) is 2.10. The van der Waals surface area contributed by atoms with Crippen molar-refractivity contribution in [2.45, 2.75) is 26.8 Å². The molecule has 0 aliphatic carbocycles. The Morgan fingerprint density at radius 2 is 2.31 bits per heavy atom. The summed E-state index contributed by atoms with van der Waals surface area (Å²) in [5.74, 6) is 0.0172. The zero-order valence-electron chi connectivity index (χ0n) is 9.59. The highest BCUT2D eigenvalue weighted by Crippen LogP contribution is 2.19. The molecule has 0 fully saturated rings. The van der Waals surface area contributed by atoms with Gasteiger partial charge in [0.05, 0.1) is 16.7 Å². The second-order valence-corrected chi connectivity index (χ2v) is 4.34. The number of rotatable bonds is 5. The highest BCUT2D eigenvalue weighted by Gasteiger charge is 2.09. The highest BCUT2D eigenvalue weighted by molar-refractivity contribution is 9.10. The van der Waals surface area contributed by atoms with Crippen molar-refractivity contribution >= 4 is 21.8 Å². The van der Waals surface area contributed by atoms with E-state index in [-0.39, 0.29) is 5.91 Å². The van der Waals surface area contributed by atoms with E-state index in [1.54, 1.807) is 6.08 Å². The van der Waals surface area contributed by atoms with E-state index < -0.39 is 0 Å². The van der Waals surface area contributed by atoms with Crippen LogP contribution in [0.25, 0.3) is 0 Å². The number of carbonyl (C=O) groups is 1. The lowest BCUT2D eigenvalue weighted by Crippen LogP contribution is -2.24. The molecular weight excluding hydrogens is 270 g/mol. The van der Waals surface area contributed by atoms with Crippen molar-refractivity contribution in [3.63, 3.8) is 0 Å². The minimum absolute atomic E-state index is 0.0172. The molecule has 1 heterocycles. The molecule has 0 spiro atoms. The Kier molecular flexibility index (Phi) is 4.73. The molecule has 88 valence electrons. The molecule has 0 saturated heterocycles. The molecule has 0 aliphatic rings. The Morgan fingerprint density at radius 1 is 1.62 bits per heavy atom. The normalized spacial score (nSPS) is 10.2. The van der Waals surface area contributed by atoms with Crippen molar-refractivity contribution in [2.24, 2.45) is 0 Å². The third-order valence-corrected chi connectivity index (χ3v) is 3.44. The largest absolute Gasteiger partial charge is 0.353 e. The van der Waals surface area contributed by atoms with Crippen molar-refractivity contribution < 1.29 is 4.79 Å². The second-order valence-electron chi connectivity index (χ2n) is 3.55. The molecule has 5 heteroatoms. The Labute approximate surface area is 104 Å². The van der Waals surface area contributed by atoms with Gasteiger partial charge < -0.3 is 5.32 Å². The van der Waals surface area contributed by atoms with Crippen LogP contribution >= 0.6 is 15.9 Å². The van der Waals surface area contributed by atoms with Crippen molar-refractivity contribution in [1.29, 1.82) is 0 Å². The number of amides is 1. The van der Waals surface area contributed by atoms with E-state index in [4.69, 9.17) is 0 Å². The fourth-order valence-corrected chi connectivity index (χ4v) is 1.66. The number of nitrogens with one attached hydrogen (secondary N) is 1. The fourth-order valence-electron chi connectivity index (χ4n) is 1.37.